The Morgan fingerprint density at radius 2 is 1.86 bits per heavy atom. The first-order valence-electron chi connectivity index (χ1n) is 7.03. The van der Waals surface area contributed by atoms with E-state index in [0.717, 1.165) is 28.0 Å². The second-order valence-electron chi connectivity index (χ2n) is 5.67. The molecule has 2 N–H and O–H groups in total. The zero-order valence-corrected chi connectivity index (χ0v) is 13.4. The molecule has 0 spiro atoms. The van der Waals surface area contributed by atoms with Crippen LogP contribution >= 0.6 is 12.2 Å². The Labute approximate surface area is 128 Å². The molecule has 0 aliphatic heterocycles. The lowest BCUT2D eigenvalue weighted by atomic mass is 9.98. The number of aromatic nitrogens is 4. The number of benzene rings is 1. The van der Waals surface area contributed by atoms with E-state index in [0.29, 0.717) is 10.7 Å². The van der Waals surface area contributed by atoms with Gasteiger partial charge in [0.25, 0.3) is 0 Å². The summed E-state index contributed by atoms with van der Waals surface area (Å²) >= 11 is 5.07. The summed E-state index contributed by atoms with van der Waals surface area (Å²) in [6.45, 7) is 8.53. The maximum atomic E-state index is 5.07. The Kier molecular flexibility index (Phi) is 3.37. The Morgan fingerprint density at radius 3 is 2.48 bits per heavy atom. The lowest BCUT2D eigenvalue weighted by Crippen LogP contribution is -1.98. The molecule has 2 aromatic heterocycles. The summed E-state index contributed by atoms with van der Waals surface area (Å²) in [7, 11) is 0. The highest BCUT2D eigenvalue weighted by Gasteiger charge is 2.14. The van der Waals surface area contributed by atoms with E-state index < -0.39 is 0 Å². The van der Waals surface area contributed by atoms with Crippen LogP contribution in [-0.4, -0.2) is 20.2 Å². The average Bonchev–Trinajstić information content (AvgIpc) is 2.88. The fourth-order valence-corrected chi connectivity index (χ4v) is 2.58. The third-order valence-electron chi connectivity index (χ3n) is 3.87. The number of nitrogens with zero attached hydrogens (tertiary/aromatic N) is 2. The Bertz CT molecular complexity index is 874. The molecule has 3 rings (SSSR count). The lowest BCUT2D eigenvalue weighted by Gasteiger charge is -2.13. The molecular formula is C16H18N4S. The first-order valence-corrected chi connectivity index (χ1v) is 7.44. The van der Waals surface area contributed by atoms with Crippen molar-refractivity contribution < 1.29 is 0 Å². The van der Waals surface area contributed by atoms with Gasteiger partial charge in [-0.3, -0.25) is 15.2 Å². The van der Waals surface area contributed by atoms with Crippen molar-refractivity contribution in [3.05, 3.63) is 39.8 Å². The SMILES string of the molecule is Cc1ccc2c(-c3nc(=S)[nH][nH]3)cc(C(C)C)nc2c1C. The quantitative estimate of drug-likeness (QED) is 0.688. The molecule has 21 heavy (non-hydrogen) atoms. The molecule has 0 aliphatic carbocycles. The number of aromatic amines is 2. The van der Waals surface area contributed by atoms with E-state index in [1.54, 1.807) is 0 Å². The van der Waals surface area contributed by atoms with Crippen LogP contribution in [0.5, 0.6) is 0 Å². The highest BCUT2D eigenvalue weighted by atomic mass is 32.1. The summed E-state index contributed by atoms with van der Waals surface area (Å²) in [4.78, 5) is 9.21. The molecule has 2 heterocycles. The van der Waals surface area contributed by atoms with Crippen LogP contribution in [0.4, 0.5) is 0 Å². The number of hydrogen-bond acceptors (Lipinski definition) is 3. The summed E-state index contributed by atoms with van der Waals surface area (Å²) in [5.41, 5.74) is 5.60. The Morgan fingerprint density at radius 1 is 1.10 bits per heavy atom. The predicted molar refractivity (Wildman–Crippen MR) is 88.1 cm³/mol. The van der Waals surface area contributed by atoms with Crippen molar-refractivity contribution in [2.24, 2.45) is 0 Å². The van der Waals surface area contributed by atoms with Gasteiger partial charge in [-0.25, -0.2) is 0 Å². The molecule has 0 unspecified atom stereocenters. The van der Waals surface area contributed by atoms with Crippen molar-refractivity contribution in [2.45, 2.75) is 33.6 Å². The van der Waals surface area contributed by atoms with Crippen molar-refractivity contribution in [2.75, 3.05) is 0 Å². The van der Waals surface area contributed by atoms with Crippen LogP contribution in [0, 0.1) is 18.6 Å². The van der Waals surface area contributed by atoms with Crippen LogP contribution in [0.2, 0.25) is 0 Å². The average molecular weight is 298 g/mol. The van der Waals surface area contributed by atoms with Crippen molar-refractivity contribution in [1.29, 1.82) is 0 Å². The molecule has 1 aromatic carbocycles. The first kappa shape index (κ1) is 13.9. The van der Waals surface area contributed by atoms with Gasteiger partial charge in [0.1, 0.15) is 0 Å². The van der Waals surface area contributed by atoms with Gasteiger partial charge in [0, 0.05) is 16.6 Å². The van der Waals surface area contributed by atoms with Gasteiger partial charge in [0.2, 0.25) is 4.77 Å². The summed E-state index contributed by atoms with van der Waals surface area (Å²) in [5.74, 6) is 1.12. The predicted octanol–water partition coefficient (Wildman–Crippen LogP) is 4.42. The van der Waals surface area contributed by atoms with Gasteiger partial charge in [-0.15, -0.1) is 0 Å². The van der Waals surface area contributed by atoms with E-state index in [4.69, 9.17) is 17.2 Å². The van der Waals surface area contributed by atoms with E-state index in [9.17, 15) is 0 Å². The zero-order chi connectivity index (χ0) is 15.1. The van der Waals surface area contributed by atoms with Crippen LogP contribution in [0.15, 0.2) is 18.2 Å². The molecule has 0 fully saturated rings. The van der Waals surface area contributed by atoms with E-state index in [2.05, 4.69) is 61.1 Å². The number of hydrogen-bond donors (Lipinski definition) is 2. The van der Waals surface area contributed by atoms with Crippen molar-refractivity contribution in [3.63, 3.8) is 0 Å². The van der Waals surface area contributed by atoms with Crippen LogP contribution in [0.25, 0.3) is 22.3 Å². The summed E-state index contributed by atoms with van der Waals surface area (Å²) in [6.07, 6.45) is 0. The van der Waals surface area contributed by atoms with Gasteiger partial charge in [-0.05, 0) is 49.2 Å². The van der Waals surface area contributed by atoms with Crippen molar-refractivity contribution in [1.82, 2.24) is 20.2 Å². The Hall–Kier alpha value is -2.01. The third kappa shape index (κ3) is 2.38. The number of aryl methyl sites for hydroxylation is 2. The van der Waals surface area contributed by atoms with Gasteiger partial charge >= 0.3 is 0 Å². The fraction of sp³-hybridized carbons (Fsp3) is 0.312. The van der Waals surface area contributed by atoms with E-state index in [1.165, 1.54) is 11.1 Å². The van der Waals surface area contributed by atoms with E-state index in [1.807, 2.05) is 0 Å². The minimum absolute atomic E-state index is 0.356. The van der Waals surface area contributed by atoms with Crippen LogP contribution in [0.3, 0.4) is 0 Å². The third-order valence-corrected chi connectivity index (χ3v) is 4.07. The van der Waals surface area contributed by atoms with Gasteiger partial charge in [0.05, 0.1) is 5.52 Å². The van der Waals surface area contributed by atoms with Crippen LogP contribution in [-0.2, 0) is 0 Å². The molecule has 3 aromatic rings. The zero-order valence-electron chi connectivity index (χ0n) is 12.6. The van der Waals surface area contributed by atoms with Crippen molar-refractivity contribution in [3.8, 4) is 11.4 Å². The minimum Gasteiger partial charge on any atom is -0.282 e. The number of fused-ring (bicyclic) bond motifs is 1. The van der Waals surface area contributed by atoms with E-state index in [-0.39, 0.29) is 0 Å². The highest BCUT2D eigenvalue weighted by Crippen LogP contribution is 2.31. The van der Waals surface area contributed by atoms with Gasteiger partial charge in [0.15, 0.2) is 5.82 Å². The topological polar surface area (TPSA) is 57.4 Å². The summed E-state index contributed by atoms with van der Waals surface area (Å²) in [6, 6.07) is 6.33. The molecular weight excluding hydrogens is 280 g/mol. The molecule has 0 amide bonds. The molecule has 0 aliphatic rings. The smallest absolute Gasteiger partial charge is 0.213 e. The molecule has 5 heteroatoms. The molecule has 0 radical (unpaired) electrons. The maximum Gasteiger partial charge on any atom is 0.213 e. The molecule has 4 nitrogen and oxygen atoms in total. The number of rotatable bonds is 2. The second-order valence-corrected chi connectivity index (χ2v) is 6.06. The summed E-state index contributed by atoms with van der Waals surface area (Å²) < 4.78 is 0.463. The maximum absolute atomic E-state index is 5.07. The Balaban J connectivity index is 2.41. The fourth-order valence-electron chi connectivity index (χ4n) is 2.44. The molecule has 108 valence electrons. The van der Waals surface area contributed by atoms with E-state index >= 15 is 0 Å². The summed E-state index contributed by atoms with van der Waals surface area (Å²) in [5, 5.41) is 7.01. The van der Waals surface area contributed by atoms with Gasteiger partial charge < -0.3 is 0 Å². The molecule has 0 bridgehead atoms. The van der Waals surface area contributed by atoms with Crippen LogP contribution < -0.4 is 0 Å². The molecule has 0 saturated heterocycles. The highest BCUT2D eigenvalue weighted by molar-refractivity contribution is 7.71. The number of H-pyrrole nitrogens is 2. The molecule has 0 saturated carbocycles. The normalized spacial score (nSPS) is 11.5. The largest absolute Gasteiger partial charge is 0.282 e. The van der Waals surface area contributed by atoms with Gasteiger partial charge in [-0.1, -0.05) is 26.0 Å². The second kappa shape index (κ2) is 5.07. The minimum atomic E-state index is 0.356. The standard InChI is InChI=1S/C16H18N4S/c1-8(2)13-7-12(15-18-16(21)20-19-15)11-6-5-9(3)10(4)14(11)17-13/h5-8H,1-4H3,(H2,18,19,20,21). The van der Waals surface area contributed by atoms with Crippen molar-refractivity contribution >= 4 is 23.1 Å². The first-order chi connectivity index (χ1) is 9.97. The van der Waals surface area contributed by atoms with Gasteiger partial charge in [-0.2, -0.15) is 4.98 Å². The number of nitrogens with one attached hydrogen (secondary N) is 2. The number of pyridine rings is 1. The molecule has 0 atom stereocenters. The lowest BCUT2D eigenvalue weighted by molar-refractivity contribution is 0.829. The van der Waals surface area contributed by atoms with Crippen LogP contribution in [0.1, 0.15) is 36.6 Å². The monoisotopic (exact) mass is 298 g/mol.